The summed E-state index contributed by atoms with van der Waals surface area (Å²) in [5.41, 5.74) is 2.59. The van der Waals surface area contributed by atoms with Crippen LogP contribution in [0.3, 0.4) is 0 Å². The SMILES string of the molecule is O=C(SCc1ccccc1)n1nnc2ccccc21. The Morgan fingerprint density at radius 3 is 2.63 bits per heavy atom. The molecule has 0 unspecified atom stereocenters. The number of nitrogens with zero attached hydrogens (tertiary/aromatic N) is 3. The maximum atomic E-state index is 12.1. The molecule has 0 spiro atoms. The summed E-state index contributed by atoms with van der Waals surface area (Å²) >= 11 is 1.22. The molecule has 0 radical (unpaired) electrons. The van der Waals surface area contributed by atoms with Gasteiger partial charge in [0.25, 0.3) is 0 Å². The topological polar surface area (TPSA) is 47.8 Å². The zero-order chi connectivity index (χ0) is 13.1. The zero-order valence-corrected chi connectivity index (χ0v) is 10.9. The smallest absolute Gasteiger partial charge is 0.259 e. The molecule has 19 heavy (non-hydrogen) atoms. The average molecular weight is 269 g/mol. The summed E-state index contributed by atoms with van der Waals surface area (Å²) in [6.45, 7) is 0. The third kappa shape index (κ3) is 2.51. The standard InChI is InChI=1S/C14H11N3OS/c18-14(19-10-11-6-2-1-3-7-11)17-13-9-5-4-8-12(13)15-16-17/h1-9H,10H2. The van der Waals surface area contributed by atoms with Crippen molar-refractivity contribution in [1.82, 2.24) is 15.0 Å². The van der Waals surface area contributed by atoms with E-state index in [4.69, 9.17) is 0 Å². The lowest BCUT2D eigenvalue weighted by atomic mass is 10.2. The van der Waals surface area contributed by atoms with E-state index in [2.05, 4.69) is 10.3 Å². The summed E-state index contributed by atoms with van der Waals surface area (Å²) in [5.74, 6) is 0.633. The van der Waals surface area contributed by atoms with Gasteiger partial charge >= 0.3 is 5.24 Å². The van der Waals surface area contributed by atoms with Crippen molar-refractivity contribution in [2.75, 3.05) is 0 Å². The lowest BCUT2D eigenvalue weighted by molar-refractivity contribution is 0.260. The summed E-state index contributed by atoms with van der Waals surface area (Å²) < 4.78 is 1.35. The Hall–Kier alpha value is -2.14. The summed E-state index contributed by atoms with van der Waals surface area (Å²) in [6.07, 6.45) is 0. The van der Waals surface area contributed by atoms with Crippen LogP contribution in [0.4, 0.5) is 4.79 Å². The van der Waals surface area contributed by atoms with Gasteiger partial charge in [-0.2, -0.15) is 4.68 Å². The van der Waals surface area contributed by atoms with Gasteiger partial charge in [0.2, 0.25) is 0 Å². The third-order valence-corrected chi connectivity index (χ3v) is 3.63. The first-order chi connectivity index (χ1) is 9.34. The van der Waals surface area contributed by atoms with Gasteiger partial charge in [-0.05, 0) is 17.7 Å². The quantitative estimate of drug-likeness (QED) is 0.716. The first-order valence-electron chi connectivity index (χ1n) is 5.86. The monoisotopic (exact) mass is 269 g/mol. The van der Waals surface area contributed by atoms with Crippen LogP contribution in [0, 0.1) is 0 Å². The van der Waals surface area contributed by atoms with Crippen LogP contribution in [0.2, 0.25) is 0 Å². The fourth-order valence-corrected chi connectivity index (χ4v) is 2.52. The van der Waals surface area contributed by atoms with Crippen LogP contribution < -0.4 is 0 Å². The van der Waals surface area contributed by atoms with Gasteiger partial charge in [-0.25, -0.2) is 0 Å². The molecule has 5 heteroatoms. The van der Waals surface area contributed by atoms with Crippen LogP contribution in [0.15, 0.2) is 54.6 Å². The van der Waals surface area contributed by atoms with E-state index in [-0.39, 0.29) is 5.24 Å². The molecular formula is C14H11N3OS. The van der Waals surface area contributed by atoms with Crippen molar-refractivity contribution in [3.05, 3.63) is 60.2 Å². The number of rotatable bonds is 2. The molecule has 1 heterocycles. The number of hydrogen-bond acceptors (Lipinski definition) is 4. The number of carbonyl (C=O) groups excluding carboxylic acids is 1. The van der Waals surface area contributed by atoms with Crippen molar-refractivity contribution in [2.24, 2.45) is 0 Å². The molecule has 0 fully saturated rings. The summed E-state index contributed by atoms with van der Waals surface area (Å²) in [4.78, 5) is 12.1. The number of benzene rings is 2. The molecule has 0 amide bonds. The largest absolute Gasteiger partial charge is 0.308 e. The highest BCUT2D eigenvalue weighted by molar-refractivity contribution is 8.12. The molecule has 2 aromatic carbocycles. The lowest BCUT2D eigenvalue weighted by Gasteiger charge is -2.01. The second-order valence-corrected chi connectivity index (χ2v) is 4.96. The number of para-hydroxylation sites is 1. The lowest BCUT2D eigenvalue weighted by Crippen LogP contribution is -2.07. The number of aromatic nitrogens is 3. The Kier molecular flexibility index (Phi) is 3.29. The molecule has 0 aliphatic heterocycles. The van der Waals surface area contributed by atoms with E-state index in [1.807, 2.05) is 54.6 Å². The molecule has 0 aliphatic rings. The molecular weight excluding hydrogens is 258 g/mol. The van der Waals surface area contributed by atoms with Gasteiger partial charge in [-0.1, -0.05) is 59.4 Å². The molecule has 4 nitrogen and oxygen atoms in total. The van der Waals surface area contributed by atoms with Gasteiger partial charge in [0.05, 0.1) is 5.52 Å². The first-order valence-corrected chi connectivity index (χ1v) is 6.84. The van der Waals surface area contributed by atoms with E-state index in [9.17, 15) is 4.79 Å². The van der Waals surface area contributed by atoms with Gasteiger partial charge in [-0.3, -0.25) is 4.79 Å². The number of carbonyl (C=O) groups is 1. The van der Waals surface area contributed by atoms with Gasteiger partial charge in [-0.15, -0.1) is 5.10 Å². The molecule has 0 saturated carbocycles. The van der Waals surface area contributed by atoms with Crippen LogP contribution in [0.5, 0.6) is 0 Å². The molecule has 3 aromatic rings. The molecule has 0 bridgehead atoms. The Morgan fingerprint density at radius 1 is 1.05 bits per heavy atom. The van der Waals surface area contributed by atoms with Gasteiger partial charge < -0.3 is 0 Å². The molecule has 1 aromatic heterocycles. The Morgan fingerprint density at radius 2 is 1.79 bits per heavy atom. The first kappa shape index (κ1) is 11.9. The highest BCUT2D eigenvalue weighted by Gasteiger charge is 2.11. The van der Waals surface area contributed by atoms with Gasteiger partial charge in [0, 0.05) is 5.75 Å². The van der Waals surface area contributed by atoms with Crippen molar-refractivity contribution >= 4 is 28.0 Å². The summed E-state index contributed by atoms with van der Waals surface area (Å²) in [6, 6.07) is 17.3. The average Bonchev–Trinajstić information content (AvgIpc) is 2.90. The van der Waals surface area contributed by atoms with Crippen LogP contribution >= 0.6 is 11.8 Å². The maximum Gasteiger partial charge on any atom is 0.308 e. The minimum absolute atomic E-state index is 0.113. The highest BCUT2D eigenvalue weighted by atomic mass is 32.2. The predicted octanol–water partition coefficient (Wildman–Crippen LogP) is 3.33. The maximum absolute atomic E-state index is 12.1. The second kappa shape index (κ2) is 5.24. The molecule has 0 N–H and O–H groups in total. The zero-order valence-electron chi connectivity index (χ0n) is 10.1. The van der Waals surface area contributed by atoms with Crippen LogP contribution in [0.1, 0.15) is 5.56 Å². The minimum atomic E-state index is -0.113. The summed E-state index contributed by atoms with van der Waals surface area (Å²) in [7, 11) is 0. The Bertz CT molecular complexity index is 709. The Labute approximate surface area is 114 Å². The van der Waals surface area contributed by atoms with Crippen LogP contribution in [-0.4, -0.2) is 20.2 Å². The van der Waals surface area contributed by atoms with Gasteiger partial charge in [0.1, 0.15) is 5.52 Å². The van der Waals surface area contributed by atoms with E-state index >= 15 is 0 Å². The van der Waals surface area contributed by atoms with Crippen LogP contribution in [0.25, 0.3) is 11.0 Å². The van der Waals surface area contributed by atoms with E-state index in [1.165, 1.54) is 16.4 Å². The van der Waals surface area contributed by atoms with E-state index in [0.29, 0.717) is 5.75 Å². The minimum Gasteiger partial charge on any atom is -0.259 e. The van der Waals surface area contributed by atoms with Crippen LogP contribution in [-0.2, 0) is 5.75 Å². The highest BCUT2D eigenvalue weighted by Crippen LogP contribution is 2.17. The number of hydrogen-bond donors (Lipinski definition) is 0. The Balaban J connectivity index is 1.77. The second-order valence-electron chi connectivity index (χ2n) is 4.03. The fraction of sp³-hybridized carbons (Fsp3) is 0.0714. The number of fused-ring (bicyclic) bond motifs is 1. The van der Waals surface area contributed by atoms with E-state index in [0.717, 1.165) is 16.6 Å². The molecule has 94 valence electrons. The van der Waals surface area contributed by atoms with Crippen molar-refractivity contribution in [1.29, 1.82) is 0 Å². The summed E-state index contributed by atoms with van der Waals surface area (Å²) in [5, 5.41) is 7.76. The third-order valence-electron chi connectivity index (χ3n) is 2.73. The predicted molar refractivity (Wildman–Crippen MR) is 76.1 cm³/mol. The molecule has 0 atom stereocenters. The van der Waals surface area contributed by atoms with Crippen molar-refractivity contribution < 1.29 is 4.79 Å². The van der Waals surface area contributed by atoms with Crippen molar-refractivity contribution in [3.63, 3.8) is 0 Å². The normalized spacial score (nSPS) is 10.7. The number of thioether (sulfide) groups is 1. The van der Waals surface area contributed by atoms with E-state index in [1.54, 1.807) is 0 Å². The van der Waals surface area contributed by atoms with Gasteiger partial charge in [0.15, 0.2) is 0 Å². The molecule has 3 rings (SSSR count). The fourth-order valence-electron chi connectivity index (χ4n) is 1.78. The van der Waals surface area contributed by atoms with E-state index < -0.39 is 0 Å². The van der Waals surface area contributed by atoms with Crippen molar-refractivity contribution in [3.8, 4) is 0 Å². The molecule has 0 saturated heterocycles. The van der Waals surface area contributed by atoms with Crippen molar-refractivity contribution in [2.45, 2.75) is 5.75 Å². The molecule has 0 aliphatic carbocycles.